The molecule has 4 aromatic carbocycles. The van der Waals surface area contributed by atoms with Crippen LogP contribution in [0, 0.1) is 6.92 Å². The van der Waals surface area contributed by atoms with E-state index < -0.39 is 0 Å². The van der Waals surface area contributed by atoms with Gasteiger partial charge in [-0.15, -0.1) is 0 Å². The standard InChI is InChI=1S/C27H20BrClO/c1-19-12-17-25(30-23-15-13-22(29)14-16-23)24(18-19)26(20-8-4-2-5-9-20)27(28)21-10-6-3-7-11-21/h2-18H,1H3/b27-26-. The highest BCUT2D eigenvalue weighted by Gasteiger charge is 2.17. The van der Waals surface area contributed by atoms with Crippen LogP contribution in [0.5, 0.6) is 11.5 Å². The lowest BCUT2D eigenvalue weighted by Crippen LogP contribution is -1.96. The summed E-state index contributed by atoms with van der Waals surface area (Å²) < 4.78 is 7.31. The van der Waals surface area contributed by atoms with Gasteiger partial charge in [0.05, 0.1) is 0 Å². The smallest absolute Gasteiger partial charge is 0.135 e. The van der Waals surface area contributed by atoms with Crippen LogP contribution in [0.2, 0.25) is 5.02 Å². The second-order valence-electron chi connectivity index (χ2n) is 6.98. The van der Waals surface area contributed by atoms with Crippen molar-refractivity contribution in [3.05, 3.63) is 130 Å². The Morgan fingerprint density at radius 2 is 1.33 bits per heavy atom. The molecule has 0 fully saturated rings. The molecule has 0 bridgehead atoms. The zero-order valence-corrected chi connectivity index (χ0v) is 18.8. The van der Waals surface area contributed by atoms with Gasteiger partial charge in [0.2, 0.25) is 0 Å². The molecule has 0 saturated carbocycles. The van der Waals surface area contributed by atoms with E-state index in [9.17, 15) is 0 Å². The first-order valence-electron chi connectivity index (χ1n) is 9.67. The first kappa shape index (κ1) is 20.5. The Kier molecular flexibility index (Phi) is 6.37. The van der Waals surface area contributed by atoms with Crippen molar-refractivity contribution >= 4 is 37.6 Å². The molecule has 3 heteroatoms. The third-order valence-corrected chi connectivity index (χ3v) is 5.86. The summed E-state index contributed by atoms with van der Waals surface area (Å²) in [4.78, 5) is 0. The van der Waals surface area contributed by atoms with E-state index in [-0.39, 0.29) is 0 Å². The van der Waals surface area contributed by atoms with Crippen molar-refractivity contribution in [3.63, 3.8) is 0 Å². The van der Waals surface area contributed by atoms with E-state index in [0.29, 0.717) is 5.02 Å². The topological polar surface area (TPSA) is 9.23 Å². The van der Waals surface area contributed by atoms with Crippen LogP contribution < -0.4 is 4.74 Å². The minimum absolute atomic E-state index is 0.683. The number of hydrogen-bond donors (Lipinski definition) is 0. The fraction of sp³-hybridized carbons (Fsp3) is 0.0370. The summed E-state index contributed by atoms with van der Waals surface area (Å²) in [5.41, 5.74) is 5.48. The van der Waals surface area contributed by atoms with Crippen LogP contribution in [0.4, 0.5) is 0 Å². The highest BCUT2D eigenvalue weighted by Crippen LogP contribution is 2.41. The molecule has 0 aliphatic rings. The normalized spacial score (nSPS) is 11.7. The summed E-state index contributed by atoms with van der Waals surface area (Å²) in [6, 6.07) is 34.3. The van der Waals surface area contributed by atoms with Gasteiger partial charge in [-0.25, -0.2) is 0 Å². The van der Waals surface area contributed by atoms with Crippen molar-refractivity contribution in [3.8, 4) is 11.5 Å². The number of benzene rings is 4. The zero-order valence-electron chi connectivity index (χ0n) is 16.5. The summed E-state index contributed by atoms with van der Waals surface area (Å²) in [6.07, 6.45) is 0. The van der Waals surface area contributed by atoms with Crippen molar-refractivity contribution in [2.75, 3.05) is 0 Å². The largest absolute Gasteiger partial charge is 0.457 e. The lowest BCUT2D eigenvalue weighted by Gasteiger charge is -2.18. The number of rotatable bonds is 5. The minimum Gasteiger partial charge on any atom is -0.457 e. The molecule has 0 saturated heterocycles. The Bertz CT molecular complexity index is 1170. The number of halogens is 2. The molecule has 0 spiro atoms. The monoisotopic (exact) mass is 474 g/mol. The fourth-order valence-electron chi connectivity index (χ4n) is 3.29. The van der Waals surface area contributed by atoms with Crippen molar-refractivity contribution < 1.29 is 4.74 Å². The lowest BCUT2D eigenvalue weighted by molar-refractivity contribution is 0.481. The second-order valence-corrected chi connectivity index (χ2v) is 8.21. The lowest BCUT2D eigenvalue weighted by atomic mass is 9.93. The van der Waals surface area contributed by atoms with E-state index in [1.165, 1.54) is 0 Å². The van der Waals surface area contributed by atoms with Gasteiger partial charge in [-0.3, -0.25) is 0 Å². The predicted molar refractivity (Wildman–Crippen MR) is 130 cm³/mol. The average Bonchev–Trinajstić information content (AvgIpc) is 2.78. The molecule has 0 aromatic heterocycles. The van der Waals surface area contributed by atoms with Crippen molar-refractivity contribution in [1.29, 1.82) is 0 Å². The summed E-state index contributed by atoms with van der Waals surface area (Å²) in [5.74, 6) is 1.53. The average molecular weight is 476 g/mol. The molecule has 0 heterocycles. The maximum Gasteiger partial charge on any atom is 0.135 e. The Hall–Kier alpha value is -2.81. The first-order valence-corrected chi connectivity index (χ1v) is 10.8. The van der Waals surface area contributed by atoms with Crippen LogP contribution in [0.25, 0.3) is 10.1 Å². The van der Waals surface area contributed by atoms with Gasteiger partial charge in [-0.1, -0.05) is 83.9 Å². The van der Waals surface area contributed by atoms with E-state index in [1.807, 2.05) is 54.6 Å². The molecule has 0 aliphatic heterocycles. The van der Waals surface area contributed by atoms with Crippen LogP contribution in [0.15, 0.2) is 103 Å². The van der Waals surface area contributed by atoms with Crippen LogP contribution >= 0.6 is 27.5 Å². The predicted octanol–water partition coefficient (Wildman–Crippen LogP) is 8.75. The maximum atomic E-state index is 6.29. The van der Waals surface area contributed by atoms with Crippen molar-refractivity contribution in [1.82, 2.24) is 0 Å². The highest BCUT2D eigenvalue weighted by molar-refractivity contribution is 9.15. The van der Waals surface area contributed by atoms with Gasteiger partial charge in [0.1, 0.15) is 11.5 Å². The van der Waals surface area contributed by atoms with Crippen LogP contribution in [-0.2, 0) is 0 Å². The van der Waals surface area contributed by atoms with E-state index >= 15 is 0 Å². The quantitative estimate of drug-likeness (QED) is 0.262. The molecule has 4 rings (SSSR count). The summed E-state index contributed by atoms with van der Waals surface area (Å²) >= 11 is 9.92. The van der Waals surface area contributed by atoms with Crippen LogP contribution in [0.1, 0.15) is 22.3 Å². The van der Waals surface area contributed by atoms with Crippen molar-refractivity contribution in [2.45, 2.75) is 6.92 Å². The van der Waals surface area contributed by atoms with Gasteiger partial charge in [0, 0.05) is 20.6 Å². The van der Waals surface area contributed by atoms with Crippen molar-refractivity contribution in [2.24, 2.45) is 0 Å². The maximum absolute atomic E-state index is 6.29. The minimum atomic E-state index is 0.683. The summed E-state index contributed by atoms with van der Waals surface area (Å²) in [7, 11) is 0. The van der Waals surface area contributed by atoms with Gasteiger partial charge in [0.15, 0.2) is 0 Å². The molecule has 148 valence electrons. The molecular formula is C27H20BrClO. The molecule has 0 atom stereocenters. The van der Waals surface area contributed by atoms with Gasteiger partial charge < -0.3 is 4.74 Å². The third kappa shape index (κ3) is 4.67. The Morgan fingerprint density at radius 1 is 0.733 bits per heavy atom. The highest BCUT2D eigenvalue weighted by atomic mass is 79.9. The van der Waals surface area contributed by atoms with Gasteiger partial charge in [-0.05, 0) is 70.4 Å². The third-order valence-electron chi connectivity index (χ3n) is 4.76. The van der Waals surface area contributed by atoms with Crippen LogP contribution in [-0.4, -0.2) is 0 Å². The number of aryl methyl sites for hydroxylation is 1. The summed E-state index contributed by atoms with van der Waals surface area (Å²) in [5, 5.41) is 0.683. The van der Waals surface area contributed by atoms with Gasteiger partial charge >= 0.3 is 0 Å². The molecule has 0 radical (unpaired) electrons. The molecule has 0 aliphatic carbocycles. The number of hydrogen-bond acceptors (Lipinski definition) is 1. The molecule has 0 N–H and O–H groups in total. The molecular weight excluding hydrogens is 456 g/mol. The Balaban J connectivity index is 1.91. The van der Waals surface area contributed by atoms with E-state index in [2.05, 4.69) is 71.4 Å². The van der Waals surface area contributed by atoms with E-state index in [1.54, 1.807) is 0 Å². The van der Waals surface area contributed by atoms with Gasteiger partial charge in [-0.2, -0.15) is 0 Å². The van der Waals surface area contributed by atoms with Crippen LogP contribution in [0.3, 0.4) is 0 Å². The first-order chi connectivity index (χ1) is 14.6. The SMILES string of the molecule is Cc1ccc(Oc2ccc(Cl)cc2)c(/C(=C(\Br)c2ccccc2)c2ccccc2)c1. The zero-order chi connectivity index (χ0) is 20.9. The van der Waals surface area contributed by atoms with E-state index in [0.717, 1.165) is 43.8 Å². The molecule has 1 nitrogen and oxygen atoms in total. The molecule has 30 heavy (non-hydrogen) atoms. The van der Waals surface area contributed by atoms with Gasteiger partial charge in [0.25, 0.3) is 0 Å². The summed E-state index contributed by atoms with van der Waals surface area (Å²) in [6.45, 7) is 2.09. The molecule has 0 amide bonds. The second kappa shape index (κ2) is 9.34. The van der Waals surface area contributed by atoms with E-state index in [4.69, 9.17) is 16.3 Å². The Labute approximate surface area is 190 Å². The number of ether oxygens (including phenoxy) is 1. The fourth-order valence-corrected chi connectivity index (χ4v) is 4.12. The molecule has 4 aromatic rings. The Morgan fingerprint density at radius 3 is 1.97 bits per heavy atom. The molecule has 0 unspecified atom stereocenters.